The number of ether oxygens (including phenoxy) is 2. The molecular weight excluding hydrogens is 278 g/mol. The molecule has 0 saturated heterocycles. The maximum Gasteiger partial charge on any atom is 0.339 e. The third-order valence-corrected chi connectivity index (χ3v) is 2.96. The van der Waals surface area contributed by atoms with Crippen molar-refractivity contribution in [2.45, 2.75) is 0 Å². The Morgan fingerprint density at radius 2 is 2.31 bits per heavy atom. The Hall–Kier alpha value is -1.56. The quantitative estimate of drug-likeness (QED) is 0.796. The summed E-state index contributed by atoms with van der Waals surface area (Å²) in [6.07, 6.45) is 0. The summed E-state index contributed by atoms with van der Waals surface area (Å²) in [6, 6.07) is 3.19. The maximum atomic E-state index is 11.4. The molecule has 0 bridgehead atoms. The lowest BCUT2D eigenvalue weighted by Gasteiger charge is -2.20. The summed E-state index contributed by atoms with van der Waals surface area (Å²) in [6.45, 7) is -0.0169. The number of fused-ring (bicyclic) bond motifs is 1. The Balaban J connectivity index is 2.50. The van der Waals surface area contributed by atoms with Crippen LogP contribution in [0.4, 0.5) is 5.69 Å². The van der Waals surface area contributed by atoms with Crippen LogP contribution in [-0.2, 0) is 9.53 Å². The average Bonchev–Trinajstić information content (AvgIpc) is 2.29. The molecule has 6 heteroatoms. The monoisotopic (exact) mass is 285 g/mol. The molecule has 84 valence electrons. The zero-order valence-electron chi connectivity index (χ0n) is 8.37. The number of carbonyl (C=O) groups is 2. The first kappa shape index (κ1) is 10.9. The van der Waals surface area contributed by atoms with Crippen molar-refractivity contribution in [2.24, 2.45) is 0 Å². The van der Waals surface area contributed by atoms with E-state index in [2.05, 4.69) is 26.0 Å². The van der Waals surface area contributed by atoms with E-state index in [0.29, 0.717) is 21.5 Å². The van der Waals surface area contributed by atoms with Gasteiger partial charge in [0.1, 0.15) is 5.75 Å². The van der Waals surface area contributed by atoms with Gasteiger partial charge in [0.15, 0.2) is 6.61 Å². The minimum absolute atomic E-state index is 0.0169. The molecule has 0 unspecified atom stereocenters. The highest BCUT2D eigenvalue weighted by atomic mass is 79.9. The first-order valence-electron chi connectivity index (χ1n) is 4.47. The van der Waals surface area contributed by atoms with Crippen LogP contribution < -0.4 is 10.1 Å². The molecule has 1 aromatic rings. The van der Waals surface area contributed by atoms with Gasteiger partial charge in [0.05, 0.1) is 22.8 Å². The zero-order chi connectivity index (χ0) is 11.7. The molecule has 0 aromatic heterocycles. The third-order valence-electron chi connectivity index (χ3n) is 2.13. The number of halogens is 1. The molecule has 1 aliphatic rings. The minimum atomic E-state index is -0.477. The van der Waals surface area contributed by atoms with Gasteiger partial charge in [0.25, 0.3) is 5.91 Å². The van der Waals surface area contributed by atoms with E-state index in [-0.39, 0.29) is 12.5 Å². The van der Waals surface area contributed by atoms with Gasteiger partial charge in [-0.25, -0.2) is 4.79 Å². The van der Waals surface area contributed by atoms with Crippen molar-refractivity contribution in [3.8, 4) is 5.75 Å². The number of rotatable bonds is 1. The SMILES string of the molecule is COC(=O)c1ccc2c(c1Br)NC(=O)CO2. The van der Waals surface area contributed by atoms with Crippen molar-refractivity contribution in [1.29, 1.82) is 0 Å². The number of benzene rings is 1. The maximum absolute atomic E-state index is 11.4. The van der Waals surface area contributed by atoms with Crippen LogP contribution in [0.2, 0.25) is 0 Å². The number of amides is 1. The van der Waals surface area contributed by atoms with Crippen LogP contribution in [0.1, 0.15) is 10.4 Å². The predicted molar refractivity (Wildman–Crippen MR) is 59.6 cm³/mol. The molecule has 1 heterocycles. The average molecular weight is 286 g/mol. The summed E-state index contributed by atoms with van der Waals surface area (Å²) < 4.78 is 10.3. The Morgan fingerprint density at radius 1 is 1.56 bits per heavy atom. The molecular formula is C10H8BrNO4. The van der Waals surface area contributed by atoms with Crippen molar-refractivity contribution in [2.75, 3.05) is 19.0 Å². The van der Waals surface area contributed by atoms with Gasteiger partial charge in [-0.15, -0.1) is 0 Å². The third kappa shape index (κ3) is 1.76. The molecule has 1 amide bonds. The Kier molecular flexibility index (Phi) is 2.82. The zero-order valence-corrected chi connectivity index (χ0v) is 9.96. The van der Waals surface area contributed by atoms with Crippen LogP contribution in [0.15, 0.2) is 16.6 Å². The highest BCUT2D eigenvalue weighted by molar-refractivity contribution is 9.10. The standard InChI is InChI=1S/C10H8BrNO4/c1-15-10(14)5-2-3-6-9(8(5)11)12-7(13)4-16-6/h2-3H,4H2,1H3,(H,12,13). The fourth-order valence-electron chi connectivity index (χ4n) is 1.38. The van der Waals surface area contributed by atoms with E-state index in [1.54, 1.807) is 12.1 Å². The first-order chi connectivity index (χ1) is 7.63. The van der Waals surface area contributed by atoms with E-state index in [0.717, 1.165) is 0 Å². The van der Waals surface area contributed by atoms with E-state index in [4.69, 9.17) is 4.74 Å². The van der Waals surface area contributed by atoms with E-state index in [9.17, 15) is 9.59 Å². The number of hydrogen-bond donors (Lipinski definition) is 1. The molecule has 1 aliphatic heterocycles. The molecule has 0 radical (unpaired) electrons. The molecule has 0 saturated carbocycles. The van der Waals surface area contributed by atoms with Gasteiger partial charge in [-0.1, -0.05) is 0 Å². The van der Waals surface area contributed by atoms with Gasteiger partial charge >= 0.3 is 5.97 Å². The highest BCUT2D eigenvalue weighted by Crippen LogP contribution is 2.37. The predicted octanol–water partition coefficient (Wildman–Crippen LogP) is 1.57. The van der Waals surface area contributed by atoms with Crippen LogP contribution in [0.5, 0.6) is 5.75 Å². The van der Waals surface area contributed by atoms with Crippen molar-refractivity contribution in [3.63, 3.8) is 0 Å². The molecule has 2 rings (SSSR count). The van der Waals surface area contributed by atoms with E-state index in [1.165, 1.54) is 7.11 Å². The fourth-order valence-corrected chi connectivity index (χ4v) is 1.97. The summed E-state index contributed by atoms with van der Waals surface area (Å²) in [5, 5.41) is 2.63. The lowest BCUT2D eigenvalue weighted by Crippen LogP contribution is -2.26. The summed E-state index contributed by atoms with van der Waals surface area (Å²) in [4.78, 5) is 22.6. The number of anilines is 1. The van der Waals surface area contributed by atoms with E-state index < -0.39 is 5.97 Å². The molecule has 0 atom stereocenters. The second-order valence-corrected chi connectivity index (χ2v) is 3.92. The number of methoxy groups -OCH3 is 1. The summed E-state index contributed by atoms with van der Waals surface area (Å²) in [5.74, 6) is -0.205. The summed E-state index contributed by atoms with van der Waals surface area (Å²) >= 11 is 3.24. The van der Waals surface area contributed by atoms with Gasteiger partial charge in [0, 0.05) is 0 Å². The summed E-state index contributed by atoms with van der Waals surface area (Å²) in [5.41, 5.74) is 0.797. The number of nitrogens with one attached hydrogen (secondary N) is 1. The second kappa shape index (κ2) is 4.13. The largest absolute Gasteiger partial charge is 0.482 e. The minimum Gasteiger partial charge on any atom is -0.482 e. The first-order valence-corrected chi connectivity index (χ1v) is 5.26. The Labute approximate surface area is 99.9 Å². The number of hydrogen-bond acceptors (Lipinski definition) is 4. The fraction of sp³-hybridized carbons (Fsp3) is 0.200. The smallest absolute Gasteiger partial charge is 0.339 e. The van der Waals surface area contributed by atoms with Crippen LogP contribution in [0.3, 0.4) is 0 Å². The topological polar surface area (TPSA) is 64.6 Å². The molecule has 0 fully saturated rings. The van der Waals surface area contributed by atoms with Crippen molar-refractivity contribution in [1.82, 2.24) is 0 Å². The van der Waals surface area contributed by atoms with Crippen molar-refractivity contribution < 1.29 is 19.1 Å². The lowest BCUT2D eigenvalue weighted by atomic mass is 10.1. The van der Waals surface area contributed by atoms with E-state index >= 15 is 0 Å². The van der Waals surface area contributed by atoms with Gasteiger partial charge in [0.2, 0.25) is 0 Å². The van der Waals surface area contributed by atoms with Crippen LogP contribution in [0, 0.1) is 0 Å². The molecule has 5 nitrogen and oxygen atoms in total. The molecule has 1 N–H and O–H groups in total. The Bertz CT molecular complexity index is 472. The van der Waals surface area contributed by atoms with Crippen molar-refractivity contribution in [3.05, 3.63) is 22.2 Å². The van der Waals surface area contributed by atoms with Gasteiger partial charge < -0.3 is 14.8 Å². The number of esters is 1. The summed E-state index contributed by atoms with van der Waals surface area (Å²) in [7, 11) is 1.29. The molecule has 16 heavy (non-hydrogen) atoms. The van der Waals surface area contributed by atoms with Gasteiger partial charge in [-0.3, -0.25) is 4.79 Å². The van der Waals surface area contributed by atoms with E-state index in [1.807, 2.05) is 0 Å². The normalized spacial score (nSPS) is 13.5. The molecule has 1 aromatic carbocycles. The van der Waals surface area contributed by atoms with Crippen molar-refractivity contribution >= 4 is 33.5 Å². The molecule has 0 spiro atoms. The van der Waals surface area contributed by atoms with Gasteiger partial charge in [-0.2, -0.15) is 0 Å². The van der Waals surface area contributed by atoms with Crippen LogP contribution in [-0.4, -0.2) is 25.6 Å². The van der Waals surface area contributed by atoms with Crippen LogP contribution in [0.25, 0.3) is 0 Å². The highest BCUT2D eigenvalue weighted by Gasteiger charge is 2.22. The van der Waals surface area contributed by atoms with Crippen LogP contribution >= 0.6 is 15.9 Å². The number of carbonyl (C=O) groups excluding carboxylic acids is 2. The van der Waals surface area contributed by atoms with Gasteiger partial charge in [-0.05, 0) is 28.1 Å². The second-order valence-electron chi connectivity index (χ2n) is 3.13. The Morgan fingerprint density at radius 3 is 3.00 bits per heavy atom. The molecule has 0 aliphatic carbocycles. The lowest BCUT2D eigenvalue weighted by molar-refractivity contribution is -0.118.